The summed E-state index contributed by atoms with van der Waals surface area (Å²) >= 11 is 0. The Labute approximate surface area is 157 Å². The number of carbonyl (C=O) groups is 2. The molecule has 0 saturated carbocycles. The maximum atomic E-state index is 12.5. The van der Waals surface area contributed by atoms with Gasteiger partial charge in [0.05, 0.1) is 6.26 Å². The van der Waals surface area contributed by atoms with Gasteiger partial charge in [0.1, 0.15) is 23.2 Å². The molecular formula is C20H20N4O3. The number of furan rings is 1. The van der Waals surface area contributed by atoms with Crippen LogP contribution in [0.1, 0.15) is 24.3 Å². The molecule has 0 bridgehead atoms. The smallest absolute Gasteiger partial charge is 0.264 e. The van der Waals surface area contributed by atoms with Crippen molar-refractivity contribution in [3.05, 3.63) is 53.6 Å². The van der Waals surface area contributed by atoms with Crippen LogP contribution in [0.3, 0.4) is 0 Å². The summed E-state index contributed by atoms with van der Waals surface area (Å²) in [6.07, 6.45) is 4.01. The number of nitriles is 1. The van der Waals surface area contributed by atoms with E-state index in [0.717, 1.165) is 5.69 Å². The van der Waals surface area contributed by atoms with Crippen molar-refractivity contribution in [1.29, 1.82) is 5.26 Å². The lowest BCUT2D eigenvalue weighted by Crippen LogP contribution is -2.42. The first-order chi connectivity index (χ1) is 13.1. The largest absolute Gasteiger partial charge is 0.465 e. The van der Waals surface area contributed by atoms with E-state index >= 15 is 0 Å². The van der Waals surface area contributed by atoms with Crippen molar-refractivity contribution in [3.63, 3.8) is 0 Å². The minimum Gasteiger partial charge on any atom is -0.465 e. The van der Waals surface area contributed by atoms with Crippen molar-refractivity contribution < 1.29 is 14.0 Å². The molecule has 3 rings (SSSR count). The molecule has 1 N–H and O–H groups in total. The Hall–Kier alpha value is -3.40. The first-order valence-electron chi connectivity index (χ1n) is 8.76. The van der Waals surface area contributed by atoms with Gasteiger partial charge in [-0.25, -0.2) is 4.98 Å². The Kier molecular flexibility index (Phi) is 5.67. The third-order valence-corrected chi connectivity index (χ3v) is 4.47. The fourth-order valence-corrected chi connectivity index (χ4v) is 3.01. The molecule has 3 heterocycles. The SMILES string of the molecule is Cc1cccc(NC(=O)C2CCN(C(=O)C(C#N)=Cc3ccco3)CC2)n1. The molecule has 2 aromatic rings. The summed E-state index contributed by atoms with van der Waals surface area (Å²) in [5, 5.41) is 12.1. The summed E-state index contributed by atoms with van der Waals surface area (Å²) in [7, 11) is 0. The predicted molar refractivity (Wildman–Crippen MR) is 99.2 cm³/mol. The number of hydrogen-bond acceptors (Lipinski definition) is 5. The Morgan fingerprint density at radius 1 is 1.30 bits per heavy atom. The molecule has 2 amide bonds. The normalized spacial score (nSPS) is 15.3. The second-order valence-electron chi connectivity index (χ2n) is 6.41. The molecule has 1 aliphatic heterocycles. The van der Waals surface area contributed by atoms with Gasteiger partial charge < -0.3 is 14.6 Å². The average molecular weight is 364 g/mol. The summed E-state index contributed by atoms with van der Waals surface area (Å²) in [5.41, 5.74) is 0.859. The summed E-state index contributed by atoms with van der Waals surface area (Å²) in [6, 6.07) is 10.8. The molecule has 1 saturated heterocycles. The molecule has 27 heavy (non-hydrogen) atoms. The molecular weight excluding hydrogens is 344 g/mol. The number of nitrogens with zero attached hydrogens (tertiary/aromatic N) is 3. The van der Waals surface area contributed by atoms with Crippen LogP contribution in [0, 0.1) is 24.2 Å². The molecule has 0 atom stereocenters. The minimum atomic E-state index is -0.340. The highest BCUT2D eigenvalue weighted by molar-refractivity contribution is 6.01. The Balaban J connectivity index is 1.57. The highest BCUT2D eigenvalue weighted by atomic mass is 16.3. The molecule has 2 aromatic heterocycles. The molecule has 138 valence electrons. The van der Waals surface area contributed by atoms with E-state index in [4.69, 9.17) is 4.42 Å². The van der Waals surface area contributed by atoms with Gasteiger partial charge in [0.15, 0.2) is 0 Å². The summed E-state index contributed by atoms with van der Waals surface area (Å²) < 4.78 is 5.16. The Morgan fingerprint density at radius 2 is 2.07 bits per heavy atom. The molecule has 0 radical (unpaired) electrons. The number of carbonyl (C=O) groups excluding carboxylic acids is 2. The number of pyridine rings is 1. The van der Waals surface area contributed by atoms with E-state index < -0.39 is 0 Å². The minimum absolute atomic E-state index is 0.0248. The van der Waals surface area contributed by atoms with E-state index in [9.17, 15) is 14.9 Å². The van der Waals surface area contributed by atoms with E-state index in [-0.39, 0.29) is 23.3 Å². The van der Waals surface area contributed by atoms with Crippen LogP contribution >= 0.6 is 0 Å². The number of nitrogens with one attached hydrogen (secondary N) is 1. The average Bonchev–Trinajstić information content (AvgIpc) is 3.19. The van der Waals surface area contributed by atoms with Crippen LogP contribution < -0.4 is 5.32 Å². The topological polar surface area (TPSA) is 99.2 Å². The zero-order chi connectivity index (χ0) is 19.2. The van der Waals surface area contributed by atoms with Crippen molar-refractivity contribution in [2.45, 2.75) is 19.8 Å². The fraction of sp³-hybridized carbons (Fsp3) is 0.300. The molecule has 0 aromatic carbocycles. The third-order valence-electron chi connectivity index (χ3n) is 4.47. The number of hydrogen-bond donors (Lipinski definition) is 1. The first-order valence-corrected chi connectivity index (χ1v) is 8.76. The second-order valence-corrected chi connectivity index (χ2v) is 6.41. The second kappa shape index (κ2) is 8.32. The van der Waals surface area contributed by atoms with Crippen molar-refractivity contribution in [2.24, 2.45) is 5.92 Å². The zero-order valence-corrected chi connectivity index (χ0v) is 15.0. The summed E-state index contributed by atoms with van der Waals surface area (Å²) in [6.45, 7) is 2.72. The van der Waals surface area contributed by atoms with E-state index in [1.165, 1.54) is 12.3 Å². The van der Waals surface area contributed by atoms with Gasteiger partial charge in [-0.05, 0) is 44.0 Å². The van der Waals surface area contributed by atoms with E-state index in [1.54, 1.807) is 23.1 Å². The predicted octanol–water partition coefficient (Wildman–Crippen LogP) is 2.77. The lowest BCUT2D eigenvalue weighted by Gasteiger charge is -2.31. The van der Waals surface area contributed by atoms with Gasteiger partial charge in [-0.2, -0.15) is 5.26 Å². The van der Waals surface area contributed by atoms with Gasteiger partial charge in [-0.15, -0.1) is 0 Å². The van der Waals surface area contributed by atoms with Gasteiger partial charge in [0, 0.05) is 30.8 Å². The standard InChI is InChI=1S/C20H20N4O3/c1-14-4-2-6-18(22-14)23-19(25)15-7-9-24(10-8-15)20(26)16(13-21)12-17-5-3-11-27-17/h2-6,11-12,15H,7-10H2,1H3,(H,22,23,25). The number of piperidine rings is 1. The zero-order valence-electron chi connectivity index (χ0n) is 15.0. The van der Waals surface area contributed by atoms with Crippen LogP contribution in [0.25, 0.3) is 6.08 Å². The van der Waals surface area contributed by atoms with Gasteiger partial charge in [0.2, 0.25) is 5.91 Å². The number of rotatable bonds is 4. The van der Waals surface area contributed by atoms with Crippen LogP contribution in [-0.2, 0) is 9.59 Å². The van der Waals surface area contributed by atoms with Gasteiger partial charge in [-0.3, -0.25) is 9.59 Å². The third kappa shape index (κ3) is 4.61. The highest BCUT2D eigenvalue weighted by Gasteiger charge is 2.29. The van der Waals surface area contributed by atoms with Crippen LogP contribution in [-0.4, -0.2) is 34.8 Å². The van der Waals surface area contributed by atoms with Crippen molar-refractivity contribution in [2.75, 3.05) is 18.4 Å². The maximum absolute atomic E-state index is 12.5. The highest BCUT2D eigenvalue weighted by Crippen LogP contribution is 2.21. The molecule has 0 unspecified atom stereocenters. The Bertz CT molecular complexity index is 888. The van der Waals surface area contributed by atoms with Crippen LogP contribution in [0.15, 0.2) is 46.6 Å². The fourth-order valence-electron chi connectivity index (χ4n) is 3.01. The number of aromatic nitrogens is 1. The molecule has 7 nitrogen and oxygen atoms in total. The molecule has 0 aliphatic carbocycles. The van der Waals surface area contributed by atoms with E-state index in [0.29, 0.717) is 37.5 Å². The van der Waals surface area contributed by atoms with E-state index in [1.807, 2.05) is 25.1 Å². The van der Waals surface area contributed by atoms with Gasteiger partial charge in [0.25, 0.3) is 5.91 Å². The van der Waals surface area contributed by atoms with Crippen molar-refractivity contribution in [1.82, 2.24) is 9.88 Å². The Morgan fingerprint density at radius 3 is 2.70 bits per heavy atom. The van der Waals surface area contributed by atoms with Gasteiger partial charge in [-0.1, -0.05) is 6.07 Å². The van der Waals surface area contributed by atoms with Crippen LogP contribution in [0.4, 0.5) is 5.82 Å². The number of likely N-dealkylation sites (tertiary alicyclic amines) is 1. The maximum Gasteiger partial charge on any atom is 0.264 e. The summed E-state index contributed by atoms with van der Waals surface area (Å²) in [5.74, 6) is 0.377. The molecule has 7 heteroatoms. The number of anilines is 1. The quantitative estimate of drug-likeness (QED) is 0.664. The van der Waals surface area contributed by atoms with Gasteiger partial charge >= 0.3 is 0 Å². The molecule has 1 aliphatic rings. The van der Waals surface area contributed by atoms with Crippen molar-refractivity contribution in [3.8, 4) is 6.07 Å². The monoisotopic (exact) mass is 364 g/mol. The molecule has 0 spiro atoms. The first kappa shape index (κ1) is 18.4. The lowest BCUT2D eigenvalue weighted by molar-refractivity contribution is -0.130. The lowest BCUT2D eigenvalue weighted by atomic mass is 9.95. The van der Waals surface area contributed by atoms with E-state index in [2.05, 4.69) is 10.3 Å². The summed E-state index contributed by atoms with van der Waals surface area (Å²) in [4.78, 5) is 30.8. The number of amides is 2. The van der Waals surface area contributed by atoms with Crippen molar-refractivity contribution >= 4 is 23.7 Å². The van der Waals surface area contributed by atoms with Crippen LogP contribution in [0.2, 0.25) is 0 Å². The molecule has 1 fully saturated rings. The van der Waals surface area contributed by atoms with Crippen LogP contribution in [0.5, 0.6) is 0 Å². The number of aryl methyl sites for hydroxylation is 1.